The Labute approximate surface area is 123 Å². The van der Waals surface area contributed by atoms with Crippen molar-refractivity contribution >= 4 is 11.8 Å². The van der Waals surface area contributed by atoms with Crippen molar-refractivity contribution in [1.82, 2.24) is 10.2 Å². The topological polar surface area (TPSA) is 49.4 Å². The molecule has 0 aromatic heterocycles. The summed E-state index contributed by atoms with van der Waals surface area (Å²) in [5.74, 6) is 0.868. The number of nitrogens with one attached hydrogen (secondary N) is 1. The predicted molar refractivity (Wildman–Crippen MR) is 81.2 cm³/mol. The molecule has 2 amide bonds. The number of carbonyl (C=O) groups is 2. The van der Waals surface area contributed by atoms with E-state index in [4.69, 9.17) is 0 Å². The SMILES string of the molecule is CCC1(CC)C(=O)NC(CC(C)C)C(=O)N1CC(C)C. The van der Waals surface area contributed by atoms with Crippen molar-refractivity contribution in [3.8, 4) is 0 Å². The van der Waals surface area contributed by atoms with Gasteiger partial charge >= 0.3 is 0 Å². The lowest BCUT2D eigenvalue weighted by atomic mass is 9.84. The summed E-state index contributed by atoms with van der Waals surface area (Å²) < 4.78 is 0. The molecule has 1 aliphatic heterocycles. The molecule has 4 heteroatoms. The Morgan fingerprint density at radius 2 is 1.65 bits per heavy atom. The van der Waals surface area contributed by atoms with Crippen molar-refractivity contribution in [3.63, 3.8) is 0 Å². The average Bonchev–Trinajstić information content (AvgIpc) is 2.35. The van der Waals surface area contributed by atoms with E-state index in [0.29, 0.717) is 37.6 Å². The highest BCUT2D eigenvalue weighted by Crippen LogP contribution is 2.31. The van der Waals surface area contributed by atoms with Crippen LogP contribution in [0.1, 0.15) is 60.8 Å². The lowest BCUT2D eigenvalue weighted by Gasteiger charge is -2.48. The summed E-state index contributed by atoms with van der Waals surface area (Å²) in [6, 6.07) is -0.354. The molecule has 1 saturated heterocycles. The molecule has 1 rings (SSSR count). The number of amides is 2. The van der Waals surface area contributed by atoms with Crippen LogP contribution >= 0.6 is 0 Å². The van der Waals surface area contributed by atoms with Crippen molar-refractivity contribution in [2.75, 3.05) is 6.54 Å². The van der Waals surface area contributed by atoms with Crippen LogP contribution in [0.4, 0.5) is 0 Å². The van der Waals surface area contributed by atoms with E-state index in [1.807, 2.05) is 18.7 Å². The molecule has 4 nitrogen and oxygen atoms in total. The minimum atomic E-state index is -0.658. The first-order valence-electron chi connectivity index (χ1n) is 7.90. The fraction of sp³-hybridized carbons (Fsp3) is 0.875. The largest absolute Gasteiger partial charge is 0.342 e. The maximum atomic E-state index is 12.8. The van der Waals surface area contributed by atoms with Gasteiger partial charge in [0.15, 0.2) is 0 Å². The van der Waals surface area contributed by atoms with Crippen LogP contribution in [0.2, 0.25) is 0 Å². The molecule has 1 unspecified atom stereocenters. The zero-order chi connectivity index (χ0) is 15.5. The number of carbonyl (C=O) groups excluding carboxylic acids is 2. The van der Waals surface area contributed by atoms with E-state index in [1.165, 1.54) is 0 Å². The minimum Gasteiger partial charge on any atom is -0.342 e. The zero-order valence-electron chi connectivity index (χ0n) is 13.8. The second kappa shape index (κ2) is 6.59. The summed E-state index contributed by atoms with van der Waals surface area (Å²) in [6.07, 6.45) is 2.05. The maximum absolute atomic E-state index is 12.8. The molecule has 1 fully saturated rings. The summed E-state index contributed by atoms with van der Waals surface area (Å²) in [5, 5.41) is 2.96. The van der Waals surface area contributed by atoms with Gasteiger partial charge in [-0.3, -0.25) is 9.59 Å². The predicted octanol–water partition coefficient (Wildman–Crippen LogP) is 2.57. The van der Waals surface area contributed by atoms with E-state index in [1.54, 1.807) is 0 Å². The van der Waals surface area contributed by atoms with Crippen molar-refractivity contribution in [3.05, 3.63) is 0 Å². The standard InChI is InChI=1S/C16H30N2O2/c1-7-16(8-2)15(20)17-13(9-11(3)4)14(19)18(16)10-12(5)6/h11-13H,7-10H2,1-6H3,(H,17,20). The molecule has 20 heavy (non-hydrogen) atoms. The van der Waals surface area contributed by atoms with Gasteiger partial charge in [0.1, 0.15) is 11.6 Å². The van der Waals surface area contributed by atoms with Crippen LogP contribution in [0.15, 0.2) is 0 Å². The van der Waals surface area contributed by atoms with Crippen molar-refractivity contribution in [2.45, 2.75) is 72.4 Å². The zero-order valence-corrected chi connectivity index (χ0v) is 13.8. The molecule has 0 spiro atoms. The molecule has 0 saturated carbocycles. The Bertz CT molecular complexity index is 359. The molecule has 0 radical (unpaired) electrons. The van der Waals surface area contributed by atoms with Crippen LogP contribution in [0.3, 0.4) is 0 Å². The van der Waals surface area contributed by atoms with Gasteiger partial charge in [0.25, 0.3) is 0 Å². The Morgan fingerprint density at radius 1 is 1.10 bits per heavy atom. The van der Waals surface area contributed by atoms with Crippen LogP contribution in [-0.4, -0.2) is 34.8 Å². The Kier molecular flexibility index (Phi) is 5.60. The van der Waals surface area contributed by atoms with Crippen LogP contribution in [-0.2, 0) is 9.59 Å². The third-order valence-corrected chi connectivity index (χ3v) is 4.23. The molecular weight excluding hydrogens is 252 g/mol. The van der Waals surface area contributed by atoms with E-state index in [-0.39, 0.29) is 17.9 Å². The number of rotatable bonds is 6. The first kappa shape index (κ1) is 17.0. The first-order chi connectivity index (χ1) is 9.28. The van der Waals surface area contributed by atoms with Gasteiger partial charge in [0.2, 0.25) is 11.8 Å². The lowest BCUT2D eigenvalue weighted by Crippen LogP contribution is -2.70. The third kappa shape index (κ3) is 3.15. The van der Waals surface area contributed by atoms with Gasteiger partial charge < -0.3 is 10.2 Å². The van der Waals surface area contributed by atoms with Gasteiger partial charge in [-0.2, -0.15) is 0 Å². The monoisotopic (exact) mass is 282 g/mol. The highest BCUT2D eigenvalue weighted by atomic mass is 16.2. The van der Waals surface area contributed by atoms with Gasteiger partial charge in [-0.05, 0) is 31.1 Å². The fourth-order valence-corrected chi connectivity index (χ4v) is 3.09. The Morgan fingerprint density at radius 3 is 2.05 bits per heavy atom. The van der Waals surface area contributed by atoms with Gasteiger partial charge in [0.05, 0.1) is 0 Å². The summed E-state index contributed by atoms with van der Waals surface area (Å²) in [6.45, 7) is 13.0. The van der Waals surface area contributed by atoms with Crippen LogP contribution in [0.25, 0.3) is 0 Å². The second-order valence-electron chi connectivity index (χ2n) is 6.74. The number of hydrogen-bond acceptors (Lipinski definition) is 2. The molecule has 1 N–H and O–H groups in total. The molecular formula is C16H30N2O2. The van der Waals surface area contributed by atoms with Crippen molar-refractivity contribution in [1.29, 1.82) is 0 Å². The molecule has 1 aliphatic rings. The number of piperazine rings is 1. The average molecular weight is 282 g/mol. The van der Waals surface area contributed by atoms with Crippen LogP contribution in [0, 0.1) is 11.8 Å². The van der Waals surface area contributed by atoms with Crippen molar-refractivity contribution < 1.29 is 9.59 Å². The smallest absolute Gasteiger partial charge is 0.246 e. The molecule has 0 aromatic carbocycles. The van der Waals surface area contributed by atoms with Gasteiger partial charge in [-0.25, -0.2) is 0 Å². The van der Waals surface area contributed by atoms with E-state index < -0.39 is 5.54 Å². The minimum absolute atomic E-state index is 0.0217. The van der Waals surface area contributed by atoms with E-state index in [9.17, 15) is 9.59 Å². The lowest BCUT2D eigenvalue weighted by molar-refractivity contribution is -0.159. The summed E-state index contributed by atoms with van der Waals surface area (Å²) in [4.78, 5) is 27.2. The Balaban J connectivity index is 3.10. The highest BCUT2D eigenvalue weighted by Gasteiger charge is 2.50. The van der Waals surface area contributed by atoms with Crippen LogP contribution in [0.5, 0.6) is 0 Å². The van der Waals surface area contributed by atoms with E-state index >= 15 is 0 Å². The molecule has 0 aliphatic carbocycles. The van der Waals surface area contributed by atoms with Gasteiger partial charge in [0, 0.05) is 6.54 Å². The van der Waals surface area contributed by atoms with E-state index in [0.717, 1.165) is 0 Å². The Hall–Kier alpha value is -1.06. The molecule has 116 valence electrons. The molecule has 0 bridgehead atoms. The normalized spacial score (nSPS) is 22.6. The quantitative estimate of drug-likeness (QED) is 0.814. The molecule has 1 heterocycles. The summed E-state index contributed by atoms with van der Waals surface area (Å²) in [7, 11) is 0. The second-order valence-corrected chi connectivity index (χ2v) is 6.74. The fourth-order valence-electron chi connectivity index (χ4n) is 3.09. The molecule has 1 atom stereocenters. The molecule has 0 aromatic rings. The summed E-state index contributed by atoms with van der Waals surface area (Å²) >= 11 is 0. The van der Waals surface area contributed by atoms with Crippen LogP contribution < -0.4 is 5.32 Å². The summed E-state index contributed by atoms with van der Waals surface area (Å²) in [5.41, 5.74) is -0.658. The maximum Gasteiger partial charge on any atom is 0.246 e. The number of hydrogen-bond donors (Lipinski definition) is 1. The van der Waals surface area contributed by atoms with Crippen molar-refractivity contribution in [2.24, 2.45) is 11.8 Å². The first-order valence-corrected chi connectivity index (χ1v) is 7.90. The van der Waals surface area contributed by atoms with Gasteiger partial charge in [-0.1, -0.05) is 41.5 Å². The number of nitrogens with zero attached hydrogens (tertiary/aromatic N) is 1. The third-order valence-electron chi connectivity index (χ3n) is 4.23. The van der Waals surface area contributed by atoms with Gasteiger partial charge in [-0.15, -0.1) is 0 Å². The van der Waals surface area contributed by atoms with E-state index in [2.05, 4.69) is 33.0 Å². The highest BCUT2D eigenvalue weighted by molar-refractivity contribution is 5.99.